The molecule has 5 rings (SSSR count). The molecule has 1 atom stereocenters. The highest BCUT2D eigenvalue weighted by atomic mass is 16.5. The van der Waals surface area contributed by atoms with Gasteiger partial charge in [-0.15, -0.1) is 0 Å². The number of carbonyl (C=O) groups is 1. The number of nitrogens with one attached hydrogen (secondary N) is 4. The maximum Gasteiger partial charge on any atom is 0.325 e. The summed E-state index contributed by atoms with van der Waals surface area (Å²) in [6.45, 7) is 0.517. The molecule has 1 aliphatic heterocycles. The molecule has 1 unspecified atom stereocenters. The largest absolute Gasteiger partial charge is 0.497 e. The Bertz CT molecular complexity index is 1530. The van der Waals surface area contributed by atoms with Gasteiger partial charge in [0, 0.05) is 42.4 Å². The van der Waals surface area contributed by atoms with Gasteiger partial charge in [0.15, 0.2) is 0 Å². The van der Waals surface area contributed by atoms with E-state index < -0.39 is 11.6 Å². The topological polar surface area (TPSA) is 159 Å². The first kappa shape index (κ1) is 22.2. The summed E-state index contributed by atoms with van der Waals surface area (Å²) in [7, 11) is 1.54. The number of carbonyl (C=O) groups excluding carboxylic acids is 1. The monoisotopic (exact) mass is 473 g/mol. The molecule has 178 valence electrons. The Labute approximate surface area is 199 Å². The summed E-state index contributed by atoms with van der Waals surface area (Å²) in [4.78, 5) is 31.7. The zero-order chi connectivity index (χ0) is 24.7. The normalized spacial score (nSPS) is 13.7. The Kier molecular flexibility index (Phi) is 5.48. The number of hydrogen-bond acceptors (Lipinski definition) is 7. The first-order chi connectivity index (χ1) is 16.9. The Balaban J connectivity index is 1.52. The van der Waals surface area contributed by atoms with Gasteiger partial charge in [-0.2, -0.15) is 0 Å². The summed E-state index contributed by atoms with van der Waals surface area (Å²) >= 11 is 0. The van der Waals surface area contributed by atoms with E-state index in [-0.39, 0.29) is 30.4 Å². The maximum absolute atomic E-state index is 13.2. The number of H-pyrrole nitrogens is 2. The average Bonchev–Trinajstić information content (AvgIpc) is 3.51. The van der Waals surface area contributed by atoms with Crippen LogP contribution in [0.1, 0.15) is 45.3 Å². The molecule has 35 heavy (non-hydrogen) atoms. The number of rotatable bonds is 8. The minimum atomic E-state index is -0.661. The van der Waals surface area contributed by atoms with E-state index in [1.807, 2.05) is 6.07 Å². The number of ether oxygens (including phenoxy) is 1. The average molecular weight is 473 g/mol. The number of fused-ring (bicyclic) bond motifs is 2. The van der Waals surface area contributed by atoms with Crippen molar-refractivity contribution in [3.8, 4) is 11.6 Å². The van der Waals surface area contributed by atoms with Crippen molar-refractivity contribution in [1.29, 1.82) is 10.8 Å². The van der Waals surface area contributed by atoms with Crippen LogP contribution in [0, 0.1) is 10.8 Å². The number of nitrogens with zero attached hydrogens (tertiary/aromatic N) is 1. The van der Waals surface area contributed by atoms with E-state index in [9.17, 15) is 14.7 Å². The van der Waals surface area contributed by atoms with Crippen molar-refractivity contribution < 1.29 is 19.1 Å². The third kappa shape index (κ3) is 3.99. The van der Waals surface area contributed by atoms with Crippen molar-refractivity contribution in [1.82, 2.24) is 14.9 Å². The molecule has 4 aromatic rings. The number of hydrogen-bond donors (Lipinski definition) is 5. The predicted molar refractivity (Wildman–Crippen MR) is 129 cm³/mol. The number of imidazole rings is 1. The zero-order valence-corrected chi connectivity index (χ0v) is 18.8. The molecule has 0 spiro atoms. The van der Waals surface area contributed by atoms with Crippen LogP contribution in [-0.2, 0) is 6.54 Å². The maximum atomic E-state index is 13.2. The second-order valence-electron chi connectivity index (χ2n) is 8.39. The number of aromatic nitrogens is 2. The van der Waals surface area contributed by atoms with Crippen LogP contribution in [0.25, 0.3) is 11.0 Å². The van der Waals surface area contributed by atoms with Gasteiger partial charge >= 0.3 is 5.69 Å². The Hall–Kier alpha value is -4.60. The quantitative estimate of drug-likeness (QED) is 0.248. The van der Waals surface area contributed by atoms with Gasteiger partial charge in [-0.25, -0.2) is 4.79 Å². The van der Waals surface area contributed by atoms with Crippen LogP contribution in [0.15, 0.2) is 51.7 Å². The van der Waals surface area contributed by atoms with Crippen LogP contribution in [-0.4, -0.2) is 51.5 Å². The van der Waals surface area contributed by atoms with Gasteiger partial charge in [-0.3, -0.25) is 9.78 Å². The van der Waals surface area contributed by atoms with E-state index in [0.29, 0.717) is 40.5 Å². The molecule has 1 aliphatic rings. The van der Waals surface area contributed by atoms with Gasteiger partial charge in [0.05, 0.1) is 18.7 Å². The van der Waals surface area contributed by atoms with E-state index in [1.54, 1.807) is 48.4 Å². The number of furan rings is 1. The van der Waals surface area contributed by atoms with Crippen molar-refractivity contribution in [2.24, 2.45) is 0 Å². The van der Waals surface area contributed by atoms with E-state index in [4.69, 9.17) is 20.0 Å². The highest BCUT2D eigenvalue weighted by molar-refractivity contribution is 6.06. The number of aromatic amines is 2. The first-order valence-electron chi connectivity index (χ1n) is 11.0. The Morgan fingerprint density at radius 1 is 1.23 bits per heavy atom. The molecular weight excluding hydrogens is 450 g/mol. The molecule has 3 heterocycles. The van der Waals surface area contributed by atoms with Gasteiger partial charge in [-0.05, 0) is 47.5 Å². The van der Waals surface area contributed by atoms with Gasteiger partial charge in [0.2, 0.25) is 5.88 Å². The van der Waals surface area contributed by atoms with Crippen LogP contribution in [0.2, 0.25) is 0 Å². The number of benzene rings is 2. The summed E-state index contributed by atoms with van der Waals surface area (Å²) in [5.74, 6) is -0.127. The minimum absolute atomic E-state index is 0.146. The SMILES string of the molecule is COc1ccc2c(c1)C(=O)N(CC(c1cc3cc(C(=N)CC=N)ccc3o1)c1[nH]c(=O)[nH]c1O)C2. The molecular formula is C25H23N5O5. The minimum Gasteiger partial charge on any atom is -0.497 e. The standard InChI is InChI=1S/C25H23N5O5/c1-34-16-4-2-14-11-30(24(32)17(14)10-16)12-18(22-23(31)29-25(33)28-22)21-9-15-8-13(19(27)6-7-26)3-5-20(15)35-21/h2-5,7-10,18,26-27,31H,6,11-12H2,1H3,(H2,28,29,33). The molecule has 0 bridgehead atoms. The molecule has 0 radical (unpaired) electrons. The Morgan fingerprint density at radius 2 is 2.06 bits per heavy atom. The zero-order valence-electron chi connectivity index (χ0n) is 18.8. The second-order valence-corrected chi connectivity index (χ2v) is 8.39. The highest BCUT2D eigenvalue weighted by Gasteiger charge is 2.33. The summed E-state index contributed by atoms with van der Waals surface area (Å²) in [6, 6.07) is 12.4. The lowest BCUT2D eigenvalue weighted by atomic mass is 10.0. The van der Waals surface area contributed by atoms with Crippen LogP contribution >= 0.6 is 0 Å². The van der Waals surface area contributed by atoms with Gasteiger partial charge in [0.1, 0.15) is 17.1 Å². The van der Waals surface area contributed by atoms with E-state index >= 15 is 0 Å². The number of aromatic hydroxyl groups is 1. The summed E-state index contributed by atoms with van der Waals surface area (Å²) in [5.41, 5.74) is 2.60. The summed E-state index contributed by atoms with van der Waals surface area (Å²) < 4.78 is 11.3. The van der Waals surface area contributed by atoms with Crippen molar-refractivity contribution in [3.05, 3.63) is 81.1 Å². The molecule has 5 N–H and O–H groups in total. The lowest BCUT2D eigenvalue weighted by molar-refractivity contribution is 0.0769. The van der Waals surface area contributed by atoms with Crippen LogP contribution in [0.5, 0.6) is 11.6 Å². The lowest BCUT2D eigenvalue weighted by Crippen LogP contribution is -2.29. The van der Waals surface area contributed by atoms with Crippen molar-refractivity contribution in [2.75, 3.05) is 13.7 Å². The fourth-order valence-electron chi connectivity index (χ4n) is 4.44. The third-order valence-electron chi connectivity index (χ3n) is 6.22. The van der Waals surface area contributed by atoms with E-state index in [0.717, 1.165) is 10.9 Å². The Morgan fingerprint density at radius 3 is 2.77 bits per heavy atom. The summed E-state index contributed by atoms with van der Waals surface area (Å²) in [5, 5.41) is 26.5. The highest BCUT2D eigenvalue weighted by Crippen LogP contribution is 2.35. The van der Waals surface area contributed by atoms with Gasteiger partial charge in [0.25, 0.3) is 5.91 Å². The van der Waals surface area contributed by atoms with E-state index in [2.05, 4.69) is 9.97 Å². The molecule has 0 aliphatic carbocycles. The third-order valence-corrected chi connectivity index (χ3v) is 6.22. The molecule has 0 fully saturated rings. The summed E-state index contributed by atoms with van der Waals surface area (Å²) in [6.07, 6.45) is 1.40. The predicted octanol–water partition coefficient (Wildman–Crippen LogP) is 3.36. The molecule has 0 saturated carbocycles. The first-order valence-corrected chi connectivity index (χ1v) is 11.0. The van der Waals surface area contributed by atoms with Crippen molar-refractivity contribution in [3.63, 3.8) is 0 Å². The molecule has 2 aromatic heterocycles. The van der Waals surface area contributed by atoms with Crippen LogP contribution in [0.4, 0.5) is 0 Å². The van der Waals surface area contributed by atoms with Gasteiger partial charge in [-0.1, -0.05) is 6.07 Å². The second kappa shape index (κ2) is 8.64. The smallest absolute Gasteiger partial charge is 0.325 e. The molecule has 10 nitrogen and oxygen atoms in total. The number of methoxy groups -OCH3 is 1. The molecule has 0 saturated heterocycles. The van der Waals surface area contributed by atoms with Crippen molar-refractivity contribution in [2.45, 2.75) is 18.9 Å². The van der Waals surface area contributed by atoms with Gasteiger partial charge < -0.3 is 35.0 Å². The van der Waals surface area contributed by atoms with Crippen LogP contribution < -0.4 is 10.4 Å². The molecule has 1 amide bonds. The molecule has 2 aromatic carbocycles. The van der Waals surface area contributed by atoms with Crippen LogP contribution in [0.3, 0.4) is 0 Å². The fourth-order valence-corrected chi connectivity index (χ4v) is 4.44. The lowest BCUT2D eigenvalue weighted by Gasteiger charge is -2.21. The number of amides is 1. The van der Waals surface area contributed by atoms with E-state index in [1.165, 1.54) is 6.21 Å². The van der Waals surface area contributed by atoms with Crippen molar-refractivity contribution >= 4 is 28.8 Å². The fraction of sp³-hybridized carbons (Fsp3) is 0.200. The molecule has 10 heteroatoms.